The summed E-state index contributed by atoms with van der Waals surface area (Å²) in [6.45, 7) is 0. The molecule has 0 aliphatic carbocycles. The van der Waals surface area contributed by atoms with Gasteiger partial charge in [-0.2, -0.15) is 5.10 Å². The number of aromatic nitrogens is 2. The van der Waals surface area contributed by atoms with Crippen LogP contribution in [-0.4, -0.2) is 34.2 Å². The number of carboxylic acid groups (broad SMARTS) is 1. The number of hydrogen-bond acceptors (Lipinski definition) is 3. The van der Waals surface area contributed by atoms with Gasteiger partial charge in [0.15, 0.2) is 0 Å². The first-order chi connectivity index (χ1) is 9.09. The summed E-state index contributed by atoms with van der Waals surface area (Å²) in [5, 5.41) is 15.6. The van der Waals surface area contributed by atoms with E-state index in [0.29, 0.717) is 11.4 Å². The van der Waals surface area contributed by atoms with Crippen LogP contribution < -0.4 is 4.90 Å². The summed E-state index contributed by atoms with van der Waals surface area (Å²) in [5.74, 6) is -1.27. The molecular weight excluding hydrogens is 246 g/mol. The molecule has 0 spiro atoms. The molecule has 1 heterocycles. The van der Waals surface area contributed by atoms with Crippen molar-refractivity contribution in [1.29, 1.82) is 0 Å². The quantitative estimate of drug-likeness (QED) is 0.866. The van der Waals surface area contributed by atoms with E-state index in [9.17, 15) is 9.59 Å². The summed E-state index contributed by atoms with van der Waals surface area (Å²) in [5.41, 5.74) is 1.16. The van der Waals surface area contributed by atoms with Crippen LogP contribution in [0.25, 0.3) is 0 Å². The van der Waals surface area contributed by atoms with Gasteiger partial charge in [-0.3, -0.25) is 9.89 Å². The van der Waals surface area contributed by atoms with E-state index in [1.165, 1.54) is 11.0 Å². The Balaban J connectivity index is 2.22. The number of benzene rings is 1. The minimum absolute atomic E-state index is 0.1000. The molecule has 2 N–H and O–H groups in total. The fourth-order valence-electron chi connectivity index (χ4n) is 1.75. The highest BCUT2D eigenvalue weighted by atomic mass is 16.4. The topological polar surface area (TPSA) is 86.3 Å². The second kappa shape index (κ2) is 5.34. The zero-order valence-electron chi connectivity index (χ0n) is 10.3. The molecule has 6 nitrogen and oxygen atoms in total. The summed E-state index contributed by atoms with van der Waals surface area (Å²) >= 11 is 0. The van der Waals surface area contributed by atoms with Gasteiger partial charge in [0.1, 0.15) is 0 Å². The molecule has 2 aromatic rings. The SMILES string of the molecule is CN(C(=O)Cc1ccn[nH]1)c1ccccc1C(=O)O. The molecule has 0 saturated heterocycles. The lowest BCUT2D eigenvalue weighted by Crippen LogP contribution is -2.29. The second-order valence-corrected chi connectivity index (χ2v) is 4.03. The Kier molecular flexibility index (Phi) is 3.61. The molecule has 0 saturated carbocycles. The number of aromatic amines is 1. The maximum atomic E-state index is 12.1. The molecule has 1 amide bonds. The number of rotatable bonds is 4. The number of hydrogen-bond donors (Lipinski definition) is 2. The fraction of sp³-hybridized carbons (Fsp3) is 0.154. The van der Waals surface area contributed by atoms with Crippen molar-refractivity contribution in [2.75, 3.05) is 11.9 Å². The average Bonchev–Trinajstić information content (AvgIpc) is 2.90. The van der Waals surface area contributed by atoms with Gasteiger partial charge in [0.05, 0.1) is 17.7 Å². The predicted octanol–water partition coefficient (Wildman–Crippen LogP) is 1.31. The van der Waals surface area contributed by atoms with Crippen molar-refractivity contribution in [2.24, 2.45) is 0 Å². The van der Waals surface area contributed by atoms with Crippen LogP contribution in [0.3, 0.4) is 0 Å². The standard InChI is InChI=1S/C13H13N3O3/c1-16(12(17)8-9-6-7-14-15-9)11-5-3-2-4-10(11)13(18)19/h2-7H,8H2,1H3,(H,14,15)(H,18,19). The first-order valence-corrected chi connectivity index (χ1v) is 5.66. The predicted molar refractivity (Wildman–Crippen MR) is 69.1 cm³/mol. The molecule has 1 aromatic heterocycles. The van der Waals surface area contributed by atoms with E-state index in [1.54, 1.807) is 37.5 Å². The zero-order valence-corrected chi connectivity index (χ0v) is 10.3. The fourth-order valence-corrected chi connectivity index (χ4v) is 1.75. The maximum Gasteiger partial charge on any atom is 0.337 e. The molecule has 0 radical (unpaired) electrons. The van der Waals surface area contributed by atoms with Crippen LogP contribution in [0.1, 0.15) is 16.1 Å². The number of anilines is 1. The summed E-state index contributed by atoms with van der Waals surface area (Å²) in [6, 6.07) is 8.10. The largest absolute Gasteiger partial charge is 0.478 e. The van der Waals surface area contributed by atoms with Gasteiger partial charge in [-0.05, 0) is 18.2 Å². The molecule has 0 aliphatic rings. The lowest BCUT2D eigenvalue weighted by atomic mass is 10.1. The molecule has 0 atom stereocenters. The third-order valence-corrected chi connectivity index (χ3v) is 2.77. The number of para-hydroxylation sites is 1. The van der Waals surface area contributed by atoms with Crippen LogP contribution >= 0.6 is 0 Å². The maximum absolute atomic E-state index is 12.1. The average molecular weight is 259 g/mol. The number of carbonyl (C=O) groups is 2. The Hall–Kier alpha value is -2.63. The van der Waals surface area contributed by atoms with Crippen molar-refractivity contribution in [3.8, 4) is 0 Å². The Morgan fingerprint density at radius 3 is 2.68 bits per heavy atom. The second-order valence-electron chi connectivity index (χ2n) is 4.03. The van der Waals surface area contributed by atoms with Gasteiger partial charge in [-0.15, -0.1) is 0 Å². The highest BCUT2D eigenvalue weighted by molar-refractivity contribution is 6.02. The number of carboxylic acids is 1. The Morgan fingerprint density at radius 2 is 2.05 bits per heavy atom. The Morgan fingerprint density at radius 1 is 1.32 bits per heavy atom. The molecule has 98 valence electrons. The molecular formula is C13H13N3O3. The normalized spacial score (nSPS) is 10.2. The first kappa shape index (κ1) is 12.8. The van der Waals surface area contributed by atoms with E-state index < -0.39 is 5.97 Å². The minimum atomic E-state index is -1.06. The van der Waals surface area contributed by atoms with Crippen LogP contribution in [0.5, 0.6) is 0 Å². The molecule has 0 aliphatic heterocycles. The molecule has 0 bridgehead atoms. The summed E-state index contributed by atoms with van der Waals surface area (Å²) in [7, 11) is 1.56. The van der Waals surface area contributed by atoms with Crippen LogP contribution in [0.15, 0.2) is 36.5 Å². The highest BCUT2D eigenvalue weighted by Crippen LogP contribution is 2.19. The van der Waals surface area contributed by atoms with Crippen LogP contribution in [0, 0.1) is 0 Å². The van der Waals surface area contributed by atoms with Gasteiger partial charge in [0, 0.05) is 18.9 Å². The van der Waals surface area contributed by atoms with Crippen molar-refractivity contribution in [2.45, 2.75) is 6.42 Å². The summed E-state index contributed by atoms with van der Waals surface area (Å²) in [4.78, 5) is 24.5. The van der Waals surface area contributed by atoms with E-state index in [4.69, 9.17) is 5.11 Å². The smallest absolute Gasteiger partial charge is 0.337 e. The lowest BCUT2D eigenvalue weighted by Gasteiger charge is -2.18. The van der Waals surface area contributed by atoms with E-state index in [2.05, 4.69) is 10.2 Å². The number of nitrogens with one attached hydrogen (secondary N) is 1. The van der Waals surface area contributed by atoms with E-state index >= 15 is 0 Å². The number of likely N-dealkylation sites (N-methyl/N-ethyl adjacent to an activating group) is 1. The Labute approximate surface area is 109 Å². The van der Waals surface area contributed by atoms with Gasteiger partial charge < -0.3 is 10.0 Å². The molecule has 1 aromatic carbocycles. The molecule has 6 heteroatoms. The van der Waals surface area contributed by atoms with E-state index in [0.717, 1.165) is 0 Å². The number of nitrogens with zero attached hydrogens (tertiary/aromatic N) is 2. The molecule has 19 heavy (non-hydrogen) atoms. The van der Waals surface area contributed by atoms with Crippen molar-refractivity contribution < 1.29 is 14.7 Å². The third kappa shape index (κ3) is 2.79. The number of carbonyl (C=O) groups excluding carboxylic acids is 1. The minimum Gasteiger partial charge on any atom is -0.478 e. The molecule has 2 rings (SSSR count). The van der Waals surface area contributed by atoms with Gasteiger partial charge in [0.25, 0.3) is 0 Å². The number of aromatic carboxylic acids is 1. The van der Waals surface area contributed by atoms with Crippen molar-refractivity contribution >= 4 is 17.6 Å². The van der Waals surface area contributed by atoms with Gasteiger partial charge in [-0.25, -0.2) is 4.79 Å². The van der Waals surface area contributed by atoms with Gasteiger partial charge in [-0.1, -0.05) is 12.1 Å². The monoisotopic (exact) mass is 259 g/mol. The van der Waals surface area contributed by atoms with Crippen LogP contribution in [0.2, 0.25) is 0 Å². The summed E-state index contributed by atoms with van der Waals surface area (Å²) < 4.78 is 0. The highest BCUT2D eigenvalue weighted by Gasteiger charge is 2.18. The van der Waals surface area contributed by atoms with E-state index in [-0.39, 0.29) is 17.9 Å². The summed E-state index contributed by atoms with van der Waals surface area (Å²) in [6.07, 6.45) is 1.71. The van der Waals surface area contributed by atoms with Crippen molar-refractivity contribution in [3.05, 3.63) is 47.8 Å². The first-order valence-electron chi connectivity index (χ1n) is 5.66. The Bertz CT molecular complexity index is 593. The lowest BCUT2D eigenvalue weighted by molar-refractivity contribution is -0.117. The van der Waals surface area contributed by atoms with Gasteiger partial charge in [0.2, 0.25) is 5.91 Å². The third-order valence-electron chi connectivity index (χ3n) is 2.77. The zero-order chi connectivity index (χ0) is 13.8. The molecule has 0 fully saturated rings. The van der Waals surface area contributed by atoms with Gasteiger partial charge >= 0.3 is 5.97 Å². The number of amides is 1. The van der Waals surface area contributed by atoms with Crippen molar-refractivity contribution in [3.63, 3.8) is 0 Å². The van der Waals surface area contributed by atoms with E-state index in [1.807, 2.05) is 0 Å². The van der Waals surface area contributed by atoms with Crippen molar-refractivity contribution in [1.82, 2.24) is 10.2 Å². The van der Waals surface area contributed by atoms with Crippen LogP contribution in [0.4, 0.5) is 5.69 Å². The number of H-pyrrole nitrogens is 1. The van der Waals surface area contributed by atoms with Crippen LogP contribution in [-0.2, 0) is 11.2 Å². The molecule has 0 unspecified atom stereocenters.